The third-order valence-corrected chi connectivity index (χ3v) is 5.08. The first-order chi connectivity index (χ1) is 11.7. The first kappa shape index (κ1) is 15.5. The molecule has 0 aliphatic carbocycles. The van der Waals surface area contributed by atoms with Gasteiger partial charge in [-0.25, -0.2) is 0 Å². The average Bonchev–Trinajstić information content (AvgIpc) is 3.11. The van der Waals surface area contributed by atoms with Crippen molar-refractivity contribution >= 4 is 0 Å². The normalized spacial score (nSPS) is 26.5. The van der Waals surface area contributed by atoms with Gasteiger partial charge in [-0.3, -0.25) is 14.9 Å². The van der Waals surface area contributed by atoms with Crippen LogP contribution >= 0.6 is 0 Å². The quantitative estimate of drug-likeness (QED) is 0.844. The molecule has 2 aromatic rings. The number of aromatic nitrogens is 2. The van der Waals surface area contributed by atoms with E-state index in [1.165, 1.54) is 0 Å². The van der Waals surface area contributed by atoms with Crippen LogP contribution in [0, 0.1) is 18.3 Å². The molecular formula is C19H23N3O2. The Balaban J connectivity index is 1.43. The second-order valence-electron chi connectivity index (χ2n) is 6.99. The third-order valence-electron chi connectivity index (χ3n) is 5.08. The zero-order valence-corrected chi connectivity index (χ0v) is 14.0. The summed E-state index contributed by atoms with van der Waals surface area (Å²) in [6.07, 6.45) is 3.53. The number of rotatable bonds is 5. The van der Waals surface area contributed by atoms with Crippen LogP contribution in [0.15, 0.2) is 42.7 Å². The fourth-order valence-corrected chi connectivity index (χ4v) is 3.84. The predicted molar refractivity (Wildman–Crippen MR) is 90.7 cm³/mol. The van der Waals surface area contributed by atoms with Crippen LogP contribution in [0.2, 0.25) is 0 Å². The van der Waals surface area contributed by atoms with E-state index in [2.05, 4.69) is 27.0 Å². The molecule has 0 N–H and O–H groups in total. The molecule has 2 aliphatic rings. The number of nitrogens with zero attached hydrogens (tertiary/aromatic N) is 3. The molecule has 2 fully saturated rings. The van der Waals surface area contributed by atoms with E-state index < -0.39 is 0 Å². The molecule has 4 rings (SSSR count). The lowest BCUT2D eigenvalue weighted by atomic mass is 9.82. The molecule has 5 nitrogen and oxygen atoms in total. The Bertz CT molecular complexity index is 694. The van der Waals surface area contributed by atoms with Gasteiger partial charge in [-0.1, -0.05) is 6.07 Å². The average molecular weight is 325 g/mol. The van der Waals surface area contributed by atoms with Crippen molar-refractivity contribution in [3.8, 4) is 5.75 Å². The van der Waals surface area contributed by atoms with Gasteiger partial charge >= 0.3 is 0 Å². The van der Waals surface area contributed by atoms with Crippen molar-refractivity contribution in [1.29, 1.82) is 0 Å². The van der Waals surface area contributed by atoms with Crippen molar-refractivity contribution in [3.05, 3.63) is 54.1 Å². The van der Waals surface area contributed by atoms with Crippen LogP contribution in [-0.2, 0) is 11.3 Å². The van der Waals surface area contributed by atoms with E-state index in [1.807, 2.05) is 25.1 Å². The molecule has 0 spiro atoms. The monoisotopic (exact) mass is 325 g/mol. The first-order valence-corrected chi connectivity index (χ1v) is 8.49. The van der Waals surface area contributed by atoms with Gasteiger partial charge in [0.15, 0.2) is 0 Å². The molecule has 0 amide bonds. The lowest BCUT2D eigenvalue weighted by Crippen LogP contribution is -2.37. The van der Waals surface area contributed by atoms with Crippen molar-refractivity contribution in [2.45, 2.75) is 13.5 Å². The summed E-state index contributed by atoms with van der Waals surface area (Å²) in [5.74, 6) is 1.36. The molecule has 0 saturated carbocycles. The second kappa shape index (κ2) is 6.49. The number of pyridine rings is 2. The maximum atomic E-state index is 6.03. The summed E-state index contributed by atoms with van der Waals surface area (Å²) in [7, 11) is 0. The van der Waals surface area contributed by atoms with Crippen molar-refractivity contribution in [1.82, 2.24) is 14.9 Å². The number of hydrogen-bond donors (Lipinski definition) is 0. The predicted octanol–water partition coefficient (Wildman–Crippen LogP) is 2.31. The van der Waals surface area contributed by atoms with Crippen LogP contribution in [0.5, 0.6) is 5.75 Å². The Morgan fingerprint density at radius 2 is 2.29 bits per heavy atom. The van der Waals surface area contributed by atoms with Gasteiger partial charge in [-0.2, -0.15) is 0 Å². The third kappa shape index (κ3) is 3.14. The summed E-state index contributed by atoms with van der Waals surface area (Å²) in [6, 6.07) is 10.1. The molecular weight excluding hydrogens is 302 g/mol. The van der Waals surface area contributed by atoms with Gasteiger partial charge in [0.05, 0.1) is 31.7 Å². The van der Waals surface area contributed by atoms with Gasteiger partial charge in [0.25, 0.3) is 0 Å². The van der Waals surface area contributed by atoms with Gasteiger partial charge in [-0.05, 0) is 31.2 Å². The van der Waals surface area contributed by atoms with E-state index in [-0.39, 0.29) is 5.41 Å². The largest absolute Gasteiger partial charge is 0.491 e. The van der Waals surface area contributed by atoms with Crippen molar-refractivity contribution < 1.29 is 9.47 Å². The molecule has 2 saturated heterocycles. The summed E-state index contributed by atoms with van der Waals surface area (Å²) in [6.45, 7) is 7.26. The summed E-state index contributed by atoms with van der Waals surface area (Å²) in [5, 5.41) is 0. The van der Waals surface area contributed by atoms with E-state index in [1.54, 1.807) is 12.4 Å². The minimum atomic E-state index is 0.0830. The molecule has 2 atom stereocenters. The SMILES string of the molecule is Cc1cccc(CN2C[C@@H]3COC[C@]3(COc3cccnc3)C2)n1. The number of hydrogen-bond acceptors (Lipinski definition) is 5. The van der Waals surface area contributed by atoms with Crippen molar-refractivity contribution in [3.63, 3.8) is 0 Å². The van der Waals surface area contributed by atoms with Crippen molar-refractivity contribution in [2.24, 2.45) is 11.3 Å². The summed E-state index contributed by atoms with van der Waals surface area (Å²) in [5.41, 5.74) is 2.30. The van der Waals surface area contributed by atoms with Crippen LogP contribution in [-0.4, -0.2) is 47.8 Å². The zero-order valence-electron chi connectivity index (χ0n) is 14.0. The summed E-state index contributed by atoms with van der Waals surface area (Å²) in [4.78, 5) is 11.2. The van der Waals surface area contributed by atoms with E-state index in [4.69, 9.17) is 9.47 Å². The highest BCUT2D eigenvalue weighted by Gasteiger charge is 2.51. The van der Waals surface area contributed by atoms with Gasteiger partial charge in [0, 0.05) is 42.9 Å². The molecule has 0 unspecified atom stereocenters. The highest BCUT2D eigenvalue weighted by molar-refractivity contribution is 5.16. The molecule has 0 aromatic carbocycles. The maximum absolute atomic E-state index is 6.03. The molecule has 24 heavy (non-hydrogen) atoms. The van der Waals surface area contributed by atoms with Crippen LogP contribution in [0.4, 0.5) is 0 Å². The van der Waals surface area contributed by atoms with Gasteiger partial charge < -0.3 is 9.47 Å². The minimum Gasteiger partial charge on any atom is -0.491 e. The summed E-state index contributed by atoms with van der Waals surface area (Å²) >= 11 is 0. The maximum Gasteiger partial charge on any atom is 0.137 e. The van der Waals surface area contributed by atoms with Crippen LogP contribution < -0.4 is 4.74 Å². The molecule has 4 heterocycles. The molecule has 126 valence electrons. The molecule has 0 radical (unpaired) electrons. The fourth-order valence-electron chi connectivity index (χ4n) is 3.84. The van der Waals surface area contributed by atoms with E-state index in [9.17, 15) is 0 Å². The Morgan fingerprint density at radius 3 is 3.12 bits per heavy atom. The van der Waals surface area contributed by atoms with Gasteiger partial charge in [0.2, 0.25) is 0 Å². The Morgan fingerprint density at radius 1 is 1.33 bits per heavy atom. The second-order valence-corrected chi connectivity index (χ2v) is 6.99. The fraction of sp³-hybridized carbons (Fsp3) is 0.474. The van der Waals surface area contributed by atoms with E-state index in [0.29, 0.717) is 12.5 Å². The lowest BCUT2D eigenvalue weighted by Gasteiger charge is -2.27. The minimum absolute atomic E-state index is 0.0830. The highest BCUT2D eigenvalue weighted by atomic mass is 16.5. The zero-order chi connectivity index (χ0) is 16.4. The molecule has 5 heteroatoms. The Kier molecular flexibility index (Phi) is 4.21. The van der Waals surface area contributed by atoms with Gasteiger partial charge in [-0.15, -0.1) is 0 Å². The van der Waals surface area contributed by atoms with Gasteiger partial charge in [0.1, 0.15) is 5.75 Å². The van der Waals surface area contributed by atoms with Crippen molar-refractivity contribution in [2.75, 3.05) is 32.9 Å². The number of likely N-dealkylation sites (tertiary alicyclic amines) is 1. The lowest BCUT2D eigenvalue weighted by molar-refractivity contribution is 0.0896. The number of ether oxygens (including phenoxy) is 2. The molecule has 2 aliphatic heterocycles. The Hall–Kier alpha value is -1.98. The summed E-state index contributed by atoms with van der Waals surface area (Å²) < 4.78 is 11.8. The van der Waals surface area contributed by atoms with E-state index in [0.717, 1.165) is 50.0 Å². The smallest absolute Gasteiger partial charge is 0.137 e. The standard InChI is InChI=1S/C19H23N3O2/c1-15-4-2-5-17(21-15)10-22-9-16-11-23-13-19(16,12-22)14-24-18-6-3-7-20-8-18/h2-8,16H,9-14H2,1H3/t16-,19+/m1/s1. The Labute approximate surface area is 142 Å². The number of aryl methyl sites for hydroxylation is 1. The van der Waals surface area contributed by atoms with E-state index >= 15 is 0 Å². The van der Waals surface area contributed by atoms with Crippen LogP contribution in [0.25, 0.3) is 0 Å². The first-order valence-electron chi connectivity index (χ1n) is 8.49. The highest BCUT2D eigenvalue weighted by Crippen LogP contribution is 2.42. The van der Waals surface area contributed by atoms with Crippen LogP contribution in [0.1, 0.15) is 11.4 Å². The topological polar surface area (TPSA) is 47.5 Å². The molecule has 2 aromatic heterocycles. The number of fused-ring (bicyclic) bond motifs is 1. The molecule has 0 bridgehead atoms. The van der Waals surface area contributed by atoms with Crippen LogP contribution in [0.3, 0.4) is 0 Å².